The highest BCUT2D eigenvalue weighted by molar-refractivity contribution is 6.66. The van der Waals surface area contributed by atoms with Gasteiger partial charge in [-0.25, -0.2) is 4.98 Å². The number of hydrogen-bond donors (Lipinski definition) is 0. The van der Waals surface area contributed by atoms with E-state index in [9.17, 15) is 0 Å². The van der Waals surface area contributed by atoms with Crippen LogP contribution in [0.25, 0.3) is 10.9 Å². The molecule has 6 heteroatoms. The minimum Gasteiger partial charge on any atom is -0.248 e. The fourth-order valence-corrected chi connectivity index (χ4v) is 2.42. The van der Waals surface area contributed by atoms with E-state index in [0.29, 0.717) is 20.9 Å². The van der Waals surface area contributed by atoms with Gasteiger partial charge in [-0.05, 0) is 24.6 Å². The van der Waals surface area contributed by atoms with Gasteiger partial charge >= 0.3 is 0 Å². The van der Waals surface area contributed by atoms with Crippen LogP contribution >= 0.6 is 58.0 Å². The summed E-state index contributed by atoms with van der Waals surface area (Å²) >= 11 is 29.6. The molecule has 0 aliphatic heterocycles. The van der Waals surface area contributed by atoms with Gasteiger partial charge in [0.25, 0.3) is 0 Å². The van der Waals surface area contributed by atoms with E-state index >= 15 is 0 Å². The van der Waals surface area contributed by atoms with E-state index in [-0.39, 0.29) is 5.69 Å². The molecule has 0 radical (unpaired) electrons. The Morgan fingerprint density at radius 3 is 2.29 bits per heavy atom. The second-order valence-electron chi connectivity index (χ2n) is 3.57. The summed E-state index contributed by atoms with van der Waals surface area (Å²) in [6.07, 6.45) is 0. The lowest BCUT2D eigenvalue weighted by molar-refractivity contribution is 1.11. The topological polar surface area (TPSA) is 12.9 Å². The number of halogens is 5. The first kappa shape index (κ1) is 13.5. The van der Waals surface area contributed by atoms with E-state index in [1.807, 2.05) is 13.0 Å². The normalized spacial score (nSPS) is 12.1. The number of rotatable bonds is 0. The van der Waals surface area contributed by atoms with Crippen LogP contribution in [-0.4, -0.2) is 4.98 Å². The van der Waals surface area contributed by atoms with Gasteiger partial charge in [0, 0.05) is 5.39 Å². The van der Waals surface area contributed by atoms with Gasteiger partial charge in [0.15, 0.2) is 0 Å². The van der Waals surface area contributed by atoms with Gasteiger partial charge in [0.2, 0.25) is 3.79 Å². The zero-order chi connectivity index (χ0) is 12.8. The summed E-state index contributed by atoms with van der Waals surface area (Å²) in [5.41, 5.74) is 1.85. The average molecular weight is 329 g/mol. The van der Waals surface area contributed by atoms with Crippen LogP contribution in [-0.2, 0) is 3.79 Å². The molecule has 1 aromatic carbocycles. The molecule has 0 saturated carbocycles. The van der Waals surface area contributed by atoms with Crippen LogP contribution in [0.5, 0.6) is 0 Å². The second kappa shape index (κ2) is 4.64. The molecule has 17 heavy (non-hydrogen) atoms. The van der Waals surface area contributed by atoms with Gasteiger partial charge < -0.3 is 0 Å². The third-order valence-electron chi connectivity index (χ3n) is 2.35. The van der Waals surface area contributed by atoms with Crippen molar-refractivity contribution in [1.29, 1.82) is 0 Å². The third kappa shape index (κ3) is 2.59. The Balaban J connectivity index is 2.87. The number of benzene rings is 1. The lowest BCUT2D eigenvalue weighted by Gasteiger charge is -2.13. The zero-order valence-corrected chi connectivity index (χ0v) is 12.3. The molecule has 0 bridgehead atoms. The Morgan fingerprint density at radius 1 is 1.06 bits per heavy atom. The molecule has 1 heterocycles. The third-order valence-corrected chi connectivity index (χ3v) is 3.55. The summed E-state index contributed by atoms with van der Waals surface area (Å²) in [6.45, 7) is 1.89. The van der Waals surface area contributed by atoms with Crippen LogP contribution in [0.15, 0.2) is 18.2 Å². The van der Waals surface area contributed by atoms with E-state index in [1.54, 1.807) is 6.07 Å². The Labute approximate surface area is 124 Å². The maximum absolute atomic E-state index is 6.15. The maximum Gasteiger partial charge on any atom is 0.232 e. The van der Waals surface area contributed by atoms with E-state index in [0.717, 1.165) is 5.56 Å². The Kier molecular flexibility index (Phi) is 3.69. The zero-order valence-electron chi connectivity index (χ0n) is 8.57. The molecule has 0 aliphatic carbocycles. The van der Waals surface area contributed by atoms with E-state index < -0.39 is 3.79 Å². The summed E-state index contributed by atoms with van der Waals surface area (Å²) in [7, 11) is 0. The molecule has 1 nitrogen and oxygen atoms in total. The van der Waals surface area contributed by atoms with Crippen molar-refractivity contribution in [3.63, 3.8) is 0 Å². The summed E-state index contributed by atoms with van der Waals surface area (Å²) in [4.78, 5) is 4.30. The molecule has 0 amide bonds. The molecule has 0 saturated heterocycles. The summed E-state index contributed by atoms with van der Waals surface area (Å²) in [5, 5.41) is 1.62. The quantitative estimate of drug-likeness (QED) is 0.567. The van der Waals surface area contributed by atoms with E-state index in [4.69, 9.17) is 58.0 Å². The van der Waals surface area contributed by atoms with Crippen LogP contribution in [0, 0.1) is 6.92 Å². The predicted octanol–water partition coefficient (Wildman–Crippen LogP) is 5.68. The van der Waals surface area contributed by atoms with Crippen molar-refractivity contribution in [1.82, 2.24) is 4.98 Å². The summed E-state index contributed by atoms with van der Waals surface area (Å²) in [5.74, 6) is 0. The number of nitrogens with zero attached hydrogens (tertiary/aromatic N) is 1. The molecule has 0 N–H and O–H groups in total. The molecule has 0 unspecified atom stereocenters. The van der Waals surface area contributed by atoms with Crippen molar-refractivity contribution in [3.8, 4) is 0 Å². The highest BCUT2D eigenvalue weighted by Crippen LogP contribution is 2.41. The average Bonchev–Trinajstić information content (AvgIpc) is 2.21. The van der Waals surface area contributed by atoms with Crippen LogP contribution in [0.4, 0.5) is 0 Å². The first-order valence-electron chi connectivity index (χ1n) is 4.63. The van der Waals surface area contributed by atoms with Crippen LogP contribution < -0.4 is 0 Å². The van der Waals surface area contributed by atoms with Crippen molar-refractivity contribution in [3.05, 3.63) is 39.5 Å². The number of aryl methyl sites for hydroxylation is 1. The van der Waals surface area contributed by atoms with Crippen LogP contribution in [0.1, 0.15) is 11.3 Å². The highest BCUT2D eigenvalue weighted by atomic mass is 35.6. The maximum atomic E-state index is 6.15. The molecular weight excluding hydrogens is 323 g/mol. The predicted molar refractivity (Wildman–Crippen MR) is 75.7 cm³/mol. The second-order valence-corrected chi connectivity index (χ2v) is 6.67. The molecule has 2 rings (SSSR count). The molecule has 0 fully saturated rings. The molecule has 0 spiro atoms. The molecule has 2 aromatic rings. The molecule has 0 aliphatic rings. The molecule has 0 atom stereocenters. The summed E-state index contributed by atoms with van der Waals surface area (Å²) < 4.78 is -1.60. The Morgan fingerprint density at radius 2 is 1.71 bits per heavy atom. The van der Waals surface area contributed by atoms with Gasteiger partial charge in [-0.15, -0.1) is 0 Å². The number of fused-ring (bicyclic) bond motifs is 1. The highest BCUT2D eigenvalue weighted by Gasteiger charge is 2.26. The first-order chi connectivity index (χ1) is 7.80. The van der Waals surface area contributed by atoms with E-state index in [2.05, 4.69) is 4.98 Å². The van der Waals surface area contributed by atoms with Gasteiger partial charge in [-0.3, -0.25) is 0 Å². The fourth-order valence-electron chi connectivity index (χ4n) is 1.53. The standard InChI is InChI=1S/C11H6Cl5N/c1-5-2-3-6(12)9-7(13)4-8(11(14,15)16)17-10(5)9/h2-4H,1H3. The van der Waals surface area contributed by atoms with Crippen molar-refractivity contribution in [2.75, 3.05) is 0 Å². The minimum atomic E-state index is -1.60. The lowest BCUT2D eigenvalue weighted by Crippen LogP contribution is -2.04. The largest absolute Gasteiger partial charge is 0.248 e. The Bertz CT molecular complexity index is 588. The minimum absolute atomic E-state index is 0.283. The van der Waals surface area contributed by atoms with Crippen molar-refractivity contribution in [2.45, 2.75) is 10.7 Å². The molecule has 1 aromatic heterocycles. The Hall–Kier alpha value is 0.0800. The van der Waals surface area contributed by atoms with Crippen molar-refractivity contribution in [2.24, 2.45) is 0 Å². The number of hydrogen-bond acceptors (Lipinski definition) is 1. The van der Waals surface area contributed by atoms with Gasteiger partial charge in [0.05, 0.1) is 21.3 Å². The van der Waals surface area contributed by atoms with E-state index in [1.165, 1.54) is 6.07 Å². The van der Waals surface area contributed by atoms with Gasteiger partial charge in [-0.2, -0.15) is 0 Å². The fraction of sp³-hybridized carbons (Fsp3) is 0.182. The van der Waals surface area contributed by atoms with Crippen molar-refractivity contribution < 1.29 is 0 Å². The SMILES string of the molecule is Cc1ccc(Cl)c2c(Cl)cc(C(Cl)(Cl)Cl)nc12. The monoisotopic (exact) mass is 327 g/mol. The van der Waals surface area contributed by atoms with Gasteiger partial charge in [0.1, 0.15) is 0 Å². The smallest absolute Gasteiger partial charge is 0.232 e. The van der Waals surface area contributed by atoms with Crippen LogP contribution in [0.2, 0.25) is 10.0 Å². The summed E-state index contributed by atoms with van der Waals surface area (Å²) in [6, 6.07) is 5.13. The molecular formula is C11H6Cl5N. The number of pyridine rings is 1. The first-order valence-corrected chi connectivity index (χ1v) is 6.52. The van der Waals surface area contributed by atoms with Crippen molar-refractivity contribution >= 4 is 68.9 Å². The van der Waals surface area contributed by atoms with Gasteiger partial charge in [-0.1, -0.05) is 64.1 Å². The number of aromatic nitrogens is 1. The van der Waals surface area contributed by atoms with Crippen LogP contribution in [0.3, 0.4) is 0 Å². The number of alkyl halides is 3. The lowest BCUT2D eigenvalue weighted by atomic mass is 10.1. The molecule has 90 valence electrons.